The number of hydrogen-bond donors (Lipinski definition) is 0. The summed E-state index contributed by atoms with van der Waals surface area (Å²) in [7, 11) is 0. The maximum Gasteiger partial charge on any atom is 0.0606 e. The van der Waals surface area contributed by atoms with E-state index in [9.17, 15) is 0 Å². The van der Waals surface area contributed by atoms with Gasteiger partial charge in [0.25, 0.3) is 0 Å². The lowest BCUT2D eigenvalue weighted by Crippen LogP contribution is -2.46. The standard InChI is InChI=1S/C19H19IN2/c20-18-10-4-5-11-19(18)22-15-13-21(14-16-22)12-6-9-17-7-2-1-3-8-17/h1-5,7-8,10-11H,12-16H2. The predicted octanol–water partition coefficient (Wildman–Crippen LogP) is 3.46. The molecule has 1 saturated heterocycles. The van der Waals surface area contributed by atoms with Crippen LogP contribution in [0, 0.1) is 15.4 Å². The van der Waals surface area contributed by atoms with Crippen LogP contribution in [0.3, 0.4) is 0 Å². The van der Waals surface area contributed by atoms with Gasteiger partial charge < -0.3 is 4.90 Å². The molecular weight excluding hydrogens is 383 g/mol. The Hall–Kier alpha value is -1.51. The van der Waals surface area contributed by atoms with Crippen molar-refractivity contribution in [3.8, 4) is 11.8 Å². The van der Waals surface area contributed by atoms with Crippen molar-refractivity contribution in [2.24, 2.45) is 0 Å². The van der Waals surface area contributed by atoms with E-state index in [2.05, 4.69) is 80.6 Å². The number of benzene rings is 2. The molecule has 1 fully saturated rings. The van der Waals surface area contributed by atoms with Gasteiger partial charge in [-0.25, -0.2) is 0 Å². The zero-order valence-corrected chi connectivity index (χ0v) is 14.7. The van der Waals surface area contributed by atoms with E-state index in [0.717, 1.165) is 38.3 Å². The van der Waals surface area contributed by atoms with Crippen LogP contribution in [-0.2, 0) is 0 Å². The third kappa shape index (κ3) is 4.02. The van der Waals surface area contributed by atoms with Crippen molar-refractivity contribution < 1.29 is 0 Å². The Morgan fingerprint density at radius 2 is 1.55 bits per heavy atom. The van der Waals surface area contributed by atoms with Gasteiger partial charge in [0.1, 0.15) is 0 Å². The summed E-state index contributed by atoms with van der Waals surface area (Å²) in [6.07, 6.45) is 0. The highest BCUT2D eigenvalue weighted by atomic mass is 127. The molecule has 0 aliphatic carbocycles. The number of hydrogen-bond acceptors (Lipinski definition) is 2. The number of rotatable bonds is 2. The molecule has 3 heteroatoms. The van der Waals surface area contributed by atoms with Crippen molar-refractivity contribution in [3.63, 3.8) is 0 Å². The Labute approximate surface area is 146 Å². The molecule has 2 aromatic carbocycles. The summed E-state index contributed by atoms with van der Waals surface area (Å²) in [5, 5.41) is 0. The van der Waals surface area contributed by atoms with E-state index in [-0.39, 0.29) is 0 Å². The molecule has 112 valence electrons. The summed E-state index contributed by atoms with van der Waals surface area (Å²) >= 11 is 2.42. The lowest BCUT2D eigenvalue weighted by molar-refractivity contribution is 0.288. The average molecular weight is 402 g/mol. The minimum Gasteiger partial charge on any atom is -0.368 e. The zero-order chi connectivity index (χ0) is 15.2. The topological polar surface area (TPSA) is 6.48 Å². The molecule has 22 heavy (non-hydrogen) atoms. The van der Waals surface area contributed by atoms with E-state index < -0.39 is 0 Å². The second kappa shape index (κ2) is 7.66. The minimum atomic E-state index is 0.856. The summed E-state index contributed by atoms with van der Waals surface area (Å²) < 4.78 is 1.33. The molecule has 0 unspecified atom stereocenters. The summed E-state index contributed by atoms with van der Waals surface area (Å²) in [6.45, 7) is 5.16. The first-order valence-electron chi connectivity index (χ1n) is 7.59. The SMILES string of the molecule is Ic1ccccc1N1CCN(CC#Cc2ccccc2)CC1. The Morgan fingerprint density at radius 1 is 0.864 bits per heavy atom. The van der Waals surface area contributed by atoms with Gasteiger partial charge in [-0.3, -0.25) is 4.90 Å². The van der Waals surface area contributed by atoms with Crippen LogP contribution < -0.4 is 4.90 Å². The number of nitrogens with zero attached hydrogens (tertiary/aromatic N) is 2. The van der Waals surface area contributed by atoms with Crippen LogP contribution in [0.2, 0.25) is 0 Å². The van der Waals surface area contributed by atoms with E-state index in [4.69, 9.17) is 0 Å². The Kier molecular flexibility index (Phi) is 5.36. The molecule has 2 nitrogen and oxygen atoms in total. The van der Waals surface area contributed by atoms with Crippen LogP contribution >= 0.6 is 22.6 Å². The lowest BCUT2D eigenvalue weighted by Gasteiger charge is -2.35. The van der Waals surface area contributed by atoms with Crippen LogP contribution in [0.25, 0.3) is 0 Å². The molecule has 1 aliphatic rings. The number of halogens is 1. The van der Waals surface area contributed by atoms with Crippen molar-refractivity contribution >= 4 is 28.3 Å². The van der Waals surface area contributed by atoms with E-state index in [1.807, 2.05) is 18.2 Å². The molecule has 0 bridgehead atoms. The molecule has 3 rings (SSSR count). The highest BCUT2D eigenvalue weighted by Crippen LogP contribution is 2.22. The fourth-order valence-electron chi connectivity index (χ4n) is 2.63. The number of piperazine rings is 1. The summed E-state index contributed by atoms with van der Waals surface area (Å²) in [5.74, 6) is 6.53. The summed E-state index contributed by atoms with van der Waals surface area (Å²) in [4.78, 5) is 4.91. The molecule has 0 aromatic heterocycles. The fraction of sp³-hybridized carbons (Fsp3) is 0.263. The predicted molar refractivity (Wildman–Crippen MR) is 101 cm³/mol. The van der Waals surface area contributed by atoms with Crippen molar-refractivity contribution in [2.75, 3.05) is 37.6 Å². The van der Waals surface area contributed by atoms with Gasteiger partial charge in [-0.1, -0.05) is 42.2 Å². The first-order chi connectivity index (χ1) is 10.8. The monoisotopic (exact) mass is 402 g/mol. The van der Waals surface area contributed by atoms with E-state index in [0.29, 0.717) is 0 Å². The smallest absolute Gasteiger partial charge is 0.0606 e. The lowest BCUT2D eigenvalue weighted by atomic mass is 10.2. The van der Waals surface area contributed by atoms with Crippen LogP contribution in [0.5, 0.6) is 0 Å². The molecule has 2 aromatic rings. The third-order valence-corrected chi connectivity index (χ3v) is 4.79. The van der Waals surface area contributed by atoms with E-state index in [1.54, 1.807) is 0 Å². The molecule has 0 saturated carbocycles. The van der Waals surface area contributed by atoms with Gasteiger partial charge in [-0.15, -0.1) is 0 Å². The Balaban J connectivity index is 1.52. The highest BCUT2D eigenvalue weighted by molar-refractivity contribution is 14.1. The summed E-state index contributed by atoms with van der Waals surface area (Å²) in [5.41, 5.74) is 2.46. The molecule has 0 amide bonds. The van der Waals surface area contributed by atoms with Gasteiger partial charge in [-0.05, 0) is 46.9 Å². The second-order valence-corrected chi connectivity index (χ2v) is 6.54. The average Bonchev–Trinajstić information content (AvgIpc) is 2.57. The van der Waals surface area contributed by atoms with E-state index in [1.165, 1.54) is 9.26 Å². The van der Waals surface area contributed by atoms with Gasteiger partial charge in [0, 0.05) is 35.3 Å². The van der Waals surface area contributed by atoms with Crippen molar-refractivity contribution in [3.05, 3.63) is 63.7 Å². The van der Waals surface area contributed by atoms with Crippen LogP contribution in [-0.4, -0.2) is 37.6 Å². The molecular formula is C19H19IN2. The zero-order valence-electron chi connectivity index (χ0n) is 12.5. The van der Waals surface area contributed by atoms with E-state index >= 15 is 0 Å². The van der Waals surface area contributed by atoms with Gasteiger partial charge in [0.2, 0.25) is 0 Å². The Morgan fingerprint density at radius 3 is 2.27 bits per heavy atom. The van der Waals surface area contributed by atoms with Crippen LogP contribution in [0.15, 0.2) is 54.6 Å². The first kappa shape index (κ1) is 15.4. The number of para-hydroxylation sites is 1. The summed E-state index contributed by atoms with van der Waals surface area (Å²) in [6, 6.07) is 18.8. The molecule has 1 aliphatic heterocycles. The van der Waals surface area contributed by atoms with Crippen molar-refractivity contribution in [1.29, 1.82) is 0 Å². The van der Waals surface area contributed by atoms with Crippen molar-refractivity contribution in [2.45, 2.75) is 0 Å². The van der Waals surface area contributed by atoms with Crippen molar-refractivity contribution in [1.82, 2.24) is 4.90 Å². The second-order valence-electron chi connectivity index (χ2n) is 5.38. The quantitative estimate of drug-likeness (QED) is 0.561. The maximum absolute atomic E-state index is 3.29. The highest BCUT2D eigenvalue weighted by Gasteiger charge is 2.17. The largest absolute Gasteiger partial charge is 0.368 e. The molecule has 0 N–H and O–H groups in total. The molecule has 0 radical (unpaired) electrons. The fourth-order valence-corrected chi connectivity index (χ4v) is 3.36. The molecule has 0 atom stereocenters. The van der Waals surface area contributed by atoms with Crippen LogP contribution in [0.1, 0.15) is 5.56 Å². The normalized spacial score (nSPS) is 15.2. The van der Waals surface area contributed by atoms with Crippen LogP contribution in [0.4, 0.5) is 5.69 Å². The van der Waals surface area contributed by atoms with Gasteiger partial charge in [0.15, 0.2) is 0 Å². The third-order valence-electron chi connectivity index (χ3n) is 3.87. The van der Waals surface area contributed by atoms with Gasteiger partial charge in [-0.2, -0.15) is 0 Å². The molecule has 1 heterocycles. The first-order valence-corrected chi connectivity index (χ1v) is 8.66. The number of anilines is 1. The Bertz CT molecular complexity index is 665. The van der Waals surface area contributed by atoms with Gasteiger partial charge >= 0.3 is 0 Å². The molecule has 0 spiro atoms. The maximum atomic E-state index is 3.29. The minimum absolute atomic E-state index is 0.856. The van der Waals surface area contributed by atoms with Gasteiger partial charge in [0.05, 0.1) is 12.2 Å².